The summed E-state index contributed by atoms with van der Waals surface area (Å²) in [6.45, 7) is 3.35. The average molecular weight is 420 g/mol. The molecular weight excluding hydrogens is 382 g/mol. The summed E-state index contributed by atoms with van der Waals surface area (Å²) in [6, 6.07) is 0.174. The van der Waals surface area contributed by atoms with Gasteiger partial charge in [-0.15, -0.1) is 0 Å². The zero-order valence-electron chi connectivity index (χ0n) is 17.7. The molecule has 2 aliphatic carbocycles. The smallest absolute Gasteiger partial charge is 0.257 e. The van der Waals surface area contributed by atoms with Crippen molar-refractivity contribution in [2.45, 2.75) is 88.7 Å². The number of piperidine rings is 1. The minimum Gasteiger partial charge on any atom is -0.375 e. The van der Waals surface area contributed by atoms with E-state index < -0.39 is 5.60 Å². The van der Waals surface area contributed by atoms with Crippen molar-refractivity contribution in [1.29, 1.82) is 0 Å². The van der Waals surface area contributed by atoms with E-state index in [9.17, 15) is 9.90 Å². The number of nitrogens with one attached hydrogen (secondary N) is 1. The molecule has 0 bridgehead atoms. The third-order valence-electron chi connectivity index (χ3n) is 7.58. The minimum absolute atomic E-state index is 0.00854. The molecule has 5 nitrogen and oxygen atoms in total. The van der Waals surface area contributed by atoms with Crippen LogP contribution in [0.3, 0.4) is 0 Å². The summed E-state index contributed by atoms with van der Waals surface area (Å²) in [4.78, 5) is 15.9. The number of likely N-dealkylation sites (tertiary alicyclic amines) is 1. The Morgan fingerprint density at radius 2 is 1.72 bits per heavy atom. The lowest BCUT2D eigenvalue weighted by Crippen LogP contribution is -2.54. The predicted molar refractivity (Wildman–Crippen MR) is 117 cm³/mol. The lowest BCUT2D eigenvalue weighted by molar-refractivity contribution is -0.148. The van der Waals surface area contributed by atoms with Gasteiger partial charge in [-0.25, -0.2) is 4.37 Å². The fourth-order valence-electron chi connectivity index (χ4n) is 5.76. The van der Waals surface area contributed by atoms with Crippen LogP contribution in [0.2, 0.25) is 0 Å². The first-order valence-electron chi connectivity index (χ1n) is 11.8. The molecule has 2 N–H and O–H groups in total. The second-order valence-corrected chi connectivity index (χ2v) is 10.2. The van der Waals surface area contributed by atoms with Crippen molar-refractivity contribution in [3.63, 3.8) is 0 Å². The molecule has 0 aromatic carbocycles. The first kappa shape index (κ1) is 21.3. The average Bonchev–Trinajstić information content (AvgIpc) is 3.41. The van der Waals surface area contributed by atoms with Gasteiger partial charge in [0.05, 0.1) is 0 Å². The fourth-order valence-corrected chi connectivity index (χ4v) is 6.35. The summed E-state index contributed by atoms with van der Waals surface area (Å²) >= 11 is 1.31. The molecular formula is C23H37N3O2S. The topological polar surface area (TPSA) is 65.5 Å². The van der Waals surface area contributed by atoms with Gasteiger partial charge in [-0.05, 0) is 56.0 Å². The molecule has 29 heavy (non-hydrogen) atoms. The highest BCUT2D eigenvalue weighted by atomic mass is 32.1. The lowest BCUT2D eigenvalue weighted by Gasteiger charge is -2.37. The Bertz CT molecular complexity index is 631. The minimum atomic E-state index is -1.42. The Hall–Kier alpha value is -0.980. The van der Waals surface area contributed by atoms with Crippen molar-refractivity contribution >= 4 is 17.4 Å². The van der Waals surface area contributed by atoms with Crippen LogP contribution in [0.5, 0.6) is 0 Å². The van der Waals surface area contributed by atoms with Crippen LogP contribution in [0.1, 0.15) is 82.6 Å². The molecule has 1 aromatic heterocycles. The monoisotopic (exact) mass is 419 g/mol. The van der Waals surface area contributed by atoms with E-state index in [0.29, 0.717) is 5.56 Å². The van der Waals surface area contributed by atoms with E-state index in [2.05, 4.69) is 14.6 Å². The molecule has 2 heterocycles. The number of rotatable bonds is 6. The largest absolute Gasteiger partial charge is 0.375 e. The summed E-state index contributed by atoms with van der Waals surface area (Å²) in [7, 11) is 0. The number of amides is 1. The van der Waals surface area contributed by atoms with Gasteiger partial charge in [-0.3, -0.25) is 4.79 Å². The van der Waals surface area contributed by atoms with Crippen LogP contribution in [0.4, 0.5) is 0 Å². The molecule has 3 fully saturated rings. The molecule has 1 amide bonds. The number of hydrogen-bond acceptors (Lipinski definition) is 5. The van der Waals surface area contributed by atoms with Crippen molar-refractivity contribution in [3.8, 4) is 0 Å². The number of aromatic nitrogens is 1. The van der Waals surface area contributed by atoms with Crippen molar-refractivity contribution < 1.29 is 9.90 Å². The standard InChI is InChI=1S/C23H37N3O2S/c27-22(23(28,19-9-5-6-10-19)20-15-24-29-17-20)25-21-11-13-26(14-12-21)16-18-7-3-1-2-4-8-18/h15,17-19,21,28H,1-14,16H2,(H,25,27). The molecule has 1 saturated heterocycles. The number of carbonyl (C=O) groups excluding carboxylic acids is 1. The fraction of sp³-hybridized carbons (Fsp3) is 0.826. The quantitative estimate of drug-likeness (QED) is 0.682. The third kappa shape index (κ3) is 5.02. The van der Waals surface area contributed by atoms with Crippen LogP contribution in [0.25, 0.3) is 0 Å². The molecule has 0 spiro atoms. The molecule has 1 atom stereocenters. The Morgan fingerprint density at radius 1 is 1.07 bits per heavy atom. The molecule has 4 rings (SSSR count). The highest BCUT2D eigenvalue weighted by Crippen LogP contribution is 2.41. The first-order valence-corrected chi connectivity index (χ1v) is 12.7. The predicted octanol–water partition coefficient (Wildman–Crippen LogP) is 4.07. The van der Waals surface area contributed by atoms with Gasteiger partial charge in [-0.2, -0.15) is 0 Å². The van der Waals surface area contributed by atoms with Crippen LogP contribution in [-0.2, 0) is 10.4 Å². The molecule has 1 unspecified atom stereocenters. The maximum atomic E-state index is 13.3. The van der Waals surface area contributed by atoms with E-state index in [1.165, 1.54) is 56.6 Å². The van der Waals surface area contributed by atoms with E-state index in [0.717, 1.165) is 57.5 Å². The van der Waals surface area contributed by atoms with Gasteiger partial charge in [0, 0.05) is 48.7 Å². The molecule has 3 aliphatic rings. The van der Waals surface area contributed by atoms with Gasteiger partial charge in [0.25, 0.3) is 5.91 Å². The summed E-state index contributed by atoms with van der Waals surface area (Å²) in [5.41, 5.74) is -0.737. The molecule has 1 aliphatic heterocycles. The maximum absolute atomic E-state index is 13.3. The van der Waals surface area contributed by atoms with Crippen molar-refractivity contribution in [3.05, 3.63) is 17.1 Å². The Kier molecular flexibility index (Phi) is 7.25. The first-order chi connectivity index (χ1) is 14.2. The van der Waals surface area contributed by atoms with E-state index >= 15 is 0 Å². The van der Waals surface area contributed by atoms with E-state index in [-0.39, 0.29) is 17.9 Å². The molecule has 6 heteroatoms. The Labute approximate surface area is 179 Å². The molecule has 162 valence electrons. The maximum Gasteiger partial charge on any atom is 0.257 e. The number of nitrogens with zero attached hydrogens (tertiary/aromatic N) is 2. The van der Waals surface area contributed by atoms with Gasteiger partial charge in [0.1, 0.15) is 0 Å². The van der Waals surface area contributed by atoms with Gasteiger partial charge in [-0.1, -0.05) is 38.5 Å². The van der Waals surface area contributed by atoms with Crippen molar-refractivity contribution in [1.82, 2.24) is 14.6 Å². The normalized spacial score (nSPS) is 25.6. The van der Waals surface area contributed by atoms with Crippen LogP contribution in [0, 0.1) is 11.8 Å². The Balaban J connectivity index is 1.31. The number of aliphatic hydroxyl groups is 1. The number of hydrogen-bond donors (Lipinski definition) is 2. The lowest BCUT2D eigenvalue weighted by atomic mass is 9.80. The van der Waals surface area contributed by atoms with Gasteiger partial charge >= 0.3 is 0 Å². The van der Waals surface area contributed by atoms with Crippen molar-refractivity contribution in [2.24, 2.45) is 11.8 Å². The van der Waals surface area contributed by atoms with E-state index in [4.69, 9.17) is 0 Å². The Morgan fingerprint density at radius 3 is 2.34 bits per heavy atom. The third-order valence-corrected chi connectivity index (χ3v) is 8.16. The van der Waals surface area contributed by atoms with Crippen LogP contribution in [0.15, 0.2) is 11.6 Å². The summed E-state index contributed by atoms with van der Waals surface area (Å²) < 4.78 is 4.16. The molecule has 2 saturated carbocycles. The SMILES string of the molecule is O=C(NC1CCN(CC2CCCCCC2)CC1)C(O)(c1cnsc1)C1CCCC1. The second-order valence-electron chi connectivity index (χ2n) is 9.57. The summed E-state index contributed by atoms with van der Waals surface area (Å²) in [5, 5.41) is 16.6. The zero-order chi connectivity index (χ0) is 20.1. The summed E-state index contributed by atoms with van der Waals surface area (Å²) in [5.74, 6) is 0.670. The van der Waals surface area contributed by atoms with Crippen molar-refractivity contribution in [2.75, 3.05) is 19.6 Å². The number of carbonyl (C=O) groups is 1. The summed E-state index contributed by atoms with van der Waals surface area (Å²) in [6.07, 6.45) is 16.1. The van der Waals surface area contributed by atoms with Gasteiger partial charge in [0.15, 0.2) is 5.60 Å². The highest BCUT2D eigenvalue weighted by Gasteiger charge is 2.47. The van der Waals surface area contributed by atoms with E-state index in [1.807, 2.05) is 5.38 Å². The van der Waals surface area contributed by atoms with Gasteiger partial charge < -0.3 is 15.3 Å². The van der Waals surface area contributed by atoms with Crippen LogP contribution >= 0.6 is 11.5 Å². The molecule has 0 radical (unpaired) electrons. The van der Waals surface area contributed by atoms with Crippen LogP contribution < -0.4 is 5.32 Å². The molecule has 1 aromatic rings. The highest BCUT2D eigenvalue weighted by molar-refractivity contribution is 7.03. The second kappa shape index (κ2) is 9.88. The zero-order valence-corrected chi connectivity index (χ0v) is 18.5. The van der Waals surface area contributed by atoms with Crippen LogP contribution in [-0.4, -0.2) is 46.0 Å². The van der Waals surface area contributed by atoms with E-state index in [1.54, 1.807) is 6.20 Å². The van der Waals surface area contributed by atoms with Gasteiger partial charge in [0.2, 0.25) is 0 Å².